The average molecular weight is 392 g/mol. The van der Waals surface area contributed by atoms with E-state index >= 15 is 0 Å². The summed E-state index contributed by atoms with van der Waals surface area (Å²) in [6.07, 6.45) is 1.43. The molecule has 28 heavy (non-hydrogen) atoms. The molecular weight excluding hydrogens is 374 g/mol. The molecule has 1 atom stereocenters. The lowest BCUT2D eigenvalue weighted by atomic mass is 10.1. The summed E-state index contributed by atoms with van der Waals surface area (Å²) in [6.45, 7) is 8.43. The molecule has 2 aromatic heterocycles. The Balaban J connectivity index is 1.75. The highest BCUT2D eigenvalue weighted by molar-refractivity contribution is 7.22. The van der Waals surface area contributed by atoms with Crippen LogP contribution in [0, 0.1) is 20.8 Å². The summed E-state index contributed by atoms with van der Waals surface area (Å²) in [5.41, 5.74) is 5.58. The number of methoxy groups -OCH3 is 1. The monoisotopic (exact) mass is 392 g/mol. The number of aryl methyl sites for hydroxylation is 2. The van der Waals surface area contributed by atoms with Gasteiger partial charge in [0.15, 0.2) is 11.5 Å². The molecular formula is C21H18N3O3S. The fraction of sp³-hybridized carbons (Fsp3) is 0.238. The van der Waals surface area contributed by atoms with Gasteiger partial charge in [-0.1, -0.05) is 0 Å². The van der Waals surface area contributed by atoms with Crippen LogP contribution >= 0.6 is 11.3 Å². The molecule has 0 spiro atoms. The zero-order valence-electron chi connectivity index (χ0n) is 15.8. The molecule has 1 unspecified atom stereocenters. The number of nitrogens with zero attached hydrogens (tertiary/aromatic N) is 3. The van der Waals surface area contributed by atoms with Crippen LogP contribution in [0.15, 0.2) is 24.4 Å². The Morgan fingerprint density at radius 3 is 2.86 bits per heavy atom. The Hall–Kier alpha value is -2.93. The number of ether oxygens (including phenoxy) is 3. The molecule has 1 aliphatic heterocycles. The van der Waals surface area contributed by atoms with Gasteiger partial charge in [-0.05, 0) is 50.1 Å². The number of hydrogen-bond donors (Lipinski definition) is 0. The van der Waals surface area contributed by atoms with E-state index in [0.717, 1.165) is 54.4 Å². The van der Waals surface area contributed by atoms with E-state index in [1.807, 2.05) is 26.0 Å². The molecule has 1 radical (unpaired) electrons. The minimum Gasteiger partial charge on any atom is -0.484 e. The quantitative estimate of drug-likeness (QED) is 0.500. The lowest BCUT2D eigenvalue weighted by Gasteiger charge is -2.24. The maximum atomic E-state index is 5.93. The van der Waals surface area contributed by atoms with E-state index in [1.165, 1.54) is 0 Å². The number of rotatable bonds is 2. The van der Waals surface area contributed by atoms with Gasteiger partial charge in [0.25, 0.3) is 0 Å². The molecule has 2 aromatic carbocycles. The maximum absolute atomic E-state index is 5.93. The van der Waals surface area contributed by atoms with E-state index in [9.17, 15) is 0 Å². The van der Waals surface area contributed by atoms with Crippen LogP contribution in [0.2, 0.25) is 0 Å². The van der Waals surface area contributed by atoms with Gasteiger partial charge in [0.05, 0.1) is 29.9 Å². The Kier molecular flexibility index (Phi) is 3.87. The molecule has 0 amide bonds. The zero-order valence-corrected chi connectivity index (χ0v) is 16.6. The molecule has 0 saturated heterocycles. The average Bonchev–Trinajstić information content (AvgIpc) is 3.12. The lowest BCUT2D eigenvalue weighted by Crippen LogP contribution is -2.26. The van der Waals surface area contributed by atoms with Gasteiger partial charge < -0.3 is 14.2 Å². The van der Waals surface area contributed by atoms with E-state index < -0.39 is 0 Å². The van der Waals surface area contributed by atoms with E-state index in [-0.39, 0.29) is 6.10 Å². The summed E-state index contributed by atoms with van der Waals surface area (Å²) in [6, 6.07) is 6.06. The molecule has 141 valence electrons. The Labute approximate surface area is 166 Å². The number of hydrogen-bond acceptors (Lipinski definition) is 7. The van der Waals surface area contributed by atoms with E-state index in [1.54, 1.807) is 24.6 Å². The third-order valence-corrected chi connectivity index (χ3v) is 5.78. The van der Waals surface area contributed by atoms with Crippen molar-refractivity contribution >= 4 is 32.6 Å². The van der Waals surface area contributed by atoms with Crippen molar-refractivity contribution in [1.29, 1.82) is 0 Å². The first kappa shape index (κ1) is 17.2. The predicted octanol–water partition coefficient (Wildman–Crippen LogP) is 4.51. The number of thiazole rings is 1. The lowest BCUT2D eigenvalue weighted by molar-refractivity contribution is 0.123. The number of aromatic nitrogens is 3. The summed E-state index contributed by atoms with van der Waals surface area (Å²) in [4.78, 5) is 14.0. The van der Waals surface area contributed by atoms with E-state index in [2.05, 4.69) is 23.0 Å². The van der Waals surface area contributed by atoms with E-state index in [4.69, 9.17) is 19.2 Å². The minimum absolute atomic E-state index is 0.206. The molecule has 1 aliphatic rings. The topological polar surface area (TPSA) is 66.4 Å². The van der Waals surface area contributed by atoms with E-state index in [0.29, 0.717) is 12.5 Å². The second-order valence-electron chi connectivity index (χ2n) is 6.86. The van der Waals surface area contributed by atoms with Gasteiger partial charge in [0.2, 0.25) is 5.88 Å². The number of fused-ring (bicyclic) bond motifs is 4. The molecule has 7 heteroatoms. The summed E-state index contributed by atoms with van der Waals surface area (Å²) in [5, 5.41) is 0.875. The second-order valence-corrected chi connectivity index (χ2v) is 7.86. The van der Waals surface area contributed by atoms with Crippen LogP contribution in [0.5, 0.6) is 17.4 Å². The van der Waals surface area contributed by atoms with Gasteiger partial charge in [-0.15, -0.1) is 11.3 Å². The van der Waals surface area contributed by atoms with Gasteiger partial charge in [-0.2, -0.15) is 0 Å². The fourth-order valence-corrected chi connectivity index (χ4v) is 4.57. The molecule has 4 aromatic rings. The van der Waals surface area contributed by atoms with Gasteiger partial charge in [0.1, 0.15) is 22.4 Å². The van der Waals surface area contributed by atoms with Gasteiger partial charge >= 0.3 is 0 Å². The van der Waals surface area contributed by atoms with Crippen molar-refractivity contribution in [2.75, 3.05) is 13.7 Å². The van der Waals surface area contributed by atoms with Crippen molar-refractivity contribution in [1.82, 2.24) is 15.0 Å². The largest absolute Gasteiger partial charge is 0.484 e. The van der Waals surface area contributed by atoms with Gasteiger partial charge in [-0.25, -0.2) is 15.0 Å². The van der Waals surface area contributed by atoms with Crippen LogP contribution < -0.4 is 14.2 Å². The first-order valence-electron chi connectivity index (χ1n) is 8.92. The Morgan fingerprint density at radius 2 is 2.04 bits per heavy atom. The standard InChI is InChI=1S/C21H18N3O3S/c1-10-5-13(18-14(6-10)23-16(25-4)8-22-18)21-24-17-11(2)7-15-19(20(17)28-21)26-9-12(3)27-15/h5-8,12H,3,9H2,1-2,4H3. The van der Waals surface area contributed by atoms with Crippen LogP contribution in [0.3, 0.4) is 0 Å². The summed E-state index contributed by atoms with van der Waals surface area (Å²) in [5.74, 6) is 1.96. The summed E-state index contributed by atoms with van der Waals surface area (Å²) >= 11 is 1.58. The molecule has 0 aliphatic carbocycles. The molecule has 0 bridgehead atoms. The van der Waals surface area contributed by atoms with Crippen LogP contribution in [-0.2, 0) is 0 Å². The third-order valence-electron chi connectivity index (χ3n) is 4.69. The molecule has 3 heterocycles. The molecule has 5 rings (SSSR count). The van der Waals surface area contributed by atoms with Gasteiger partial charge in [-0.3, -0.25) is 0 Å². The van der Waals surface area contributed by atoms with Crippen LogP contribution in [0.25, 0.3) is 31.8 Å². The van der Waals surface area contributed by atoms with Crippen molar-refractivity contribution in [3.63, 3.8) is 0 Å². The summed E-state index contributed by atoms with van der Waals surface area (Å²) in [7, 11) is 1.59. The highest BCUT2D eigenvalue weighted by Crippen LogP contribution is 2.45. The highest BCUT2D eigenvalue weighted by atomic mass is 32.1. The van der Waals surface area contributed by atoms with Crippen molar-refractivity contribution in [2.45, 2.75) is 20.0 Å². The van der Waals surface area contributed by atoms with Crippen molar-refractivity contribution in [3.8, 4) is 28.0 Å². The SMILES string of the molecule is [CH2]C1COc2c(cc(C)c3nc(-c4cc(C)cc5nc(OC)cnc45)sc23)O1. The first-order chi connectivity index (χ1) is 13.5. The zero-order chi connectivity index (χ0) is 19.4. The molecule has 0 fully saturated rings. The van der Waals surface area contributed by atoms with Crippen LogP contribution in [0.1, 0.15) is 11.1 Å². The Bertz CT molecular complexity index is 1230. The van der Waals surface area contributed by atoms with Crippen LogP contribution in [0.4, 0.5) is 0 Å². The molecule has 0 saturated carbocycles. The van der Waals surface area contributed by atoms with Gasteiger partial charge in [0, 0.05) is 5.56 Å². The Morgan fingerprint density at radius 1 is 1.18 bits per heavy atom. The first-order valence-corrected chi connectivity index (χ1v) is 9.73. The second kappa shape index (κ2) is 6.31. The van der Waals surface area contributed by atoms with Crippen molar-refractivity contribution in [2.24, 2.45) is 0 Å². The fourth-order valence-electron chi connectivity index (χ4n) is 3.42. The molecule has 0 N–H and O–H groups in total. The normalized spacial score (nSPS) is 15.9. The highest BCUT2D eigenvalue weighted by Gasteiger charge is 2.24. The number of benzene rings is 2. The van der Waals surface area contributed by atoms with Crippen molar-refractivity contribution < 1.29 is 14.2 Å². The minimum atomic E-state index is -0.206. The summed E-state index contributed by atoms with van der Waals surface area (Å²) < 4.78 is 18.0. The predicted molar refractivity (Wildman–Crippen MR) is 109 cm³/mol. The maximum Gasteiger partial charge on any atom is 0.232 e. The smallest absolute Gasteiger partial charge is 0.232 e. The van der Waals surface area contributed by atoms with Crippen molar-refractivity contribution in [3.05, 3.63) is 42.4 Å². The van der Waals surface area contributed by atoms with Crippen LogP contribution in [-0.4, -0.2) is 34.8 Å². The molecule has 6 nitrogen and oxygen atoms in total. The third kappa shape index (κ3) is 2.65.